The molecule has 1 aliphatic heterocycles. The van der Waals surface area contributed by atoms with E-state index in [-0.39, 0.29) is 12.5 Å². The van der Waals surface area contributed by atoms with Gasteiger partial charge in [0.2, 0.25) is 5.95 Å². The molecule has 4 rings (SSSR count). The number of hydrogen-bond donors (Lipinski definition) is 0. The van der Waals surface area contributed by atoms with E-state index >= 15 is 0 Å². The molecule has 3 aromatic rings. The first kappa shape index (κ1) is 20.5. The Kier molecular flexibility index (Phi) is 6.52. The Hall–Kier alpha value is -3.74. The van der Waals surface area contributed by atoms with Crippen molar-refractivity contribution in [3.05, 3.63) is 89.7 Å². The summed E-state index contributed by atoms with van der Waals surface area (Å²) in [7, 11) is 0. The maximum Gasteiger partial charge on any atom is 0.338 e. The maximum absolute atomic E-state index is 12.7. The lowest BCUT2D eigenvalue weighted by molar-refractivity contribution is -0.134. The summed E-state index contributed by atoms with van der Waals surface area (Å²) < 4.78 is 5.36. The predicted molar refractivity (Wildman–Crippen MR) is 117 cm³/mol. The number of piperazine rings is 1. The minimum Gasteiger partial charge on any atom is -0.452 e. The third kappa shape index (κ3) is 5.25. The van der Waals surface area contributed by atoms with E-state index in [1.54, 1.807) is 35.5 Å². The Labute approximate surface area is 181 Å². The number of nitrogens with zero attached hydrogens (tertiary/aromatic N) is 4. The minimum atomic E-state index is -0.476. The Bertz CT molecular complexity index is 1020. The zero-order valence-electron chi connectivity index (χ0n) is 17.2. The van der Waals surface area contributed by atoms with Gasteiger partial charge in [-0.1, -0.05) is 48.5 Å². The number of benzene rings is 2. The average molecular weight is 416 g/mol. The van der Waals surface area contributed by atoms with Crippen molar-refractivity contribution in [1.29, 1.82) is 0 Å². The topological polar surface area (TPSA) is 75.6 Å². The van der Waals surface area contributed by atoms with Gasteiger partial charge in [-0.15, -0.1) is 0 Å². The van der Waals surface area contributed by atoms with Gasteiger partial charge in [0.05, 0.1) is 5.56 Å². The molecule has 1 aromatic heterocycles. The third-order valence-electron chi connectivity index (χ3n) is 5.27. The molecular weight excluding hydrogens is 392 g/mol. The van der Waals surface area contributed by atoms with E-state index < -0.39 is 5.97 Å². The molecular formula is C24H24N4O3. The second-order valence-corrected chi connectivity index (χ2v) is 7.31. The summed E-state index contributed by atoms with van der Waals surface area (Å²) in [6.07, 6.45) is 4.04. The highest BCUT2D eigenvalue weighted by Crippen LogP contribution is 2.16. The summed E-state index contributed by atoms with van der Waals surface area (Å²) in [5.74, 6) is -0.00484. The molecule has 1 saturated heterocycles. The molecule has 0 N–H and O–H groups in total. The van der Waals surface area contributed by atoms with Gasteiger partial charge in [0.15, 0.2) is 6.61 Å². The Morgan fingerprint density at radius 3 is 2.26 bits per heavy atom. The molecule has 1 fully saturated rings. The van der Waals surface area contributed by atoms with Crippen molar-refractivity contribution in [3.8, 4) is 0 Å². The van der Waals surface area contributed by atoms with Gasteiger partial charge in [0, 0.05) is 38.6 Å². The first-order chi connectivity index (χ1) is 15.2. The normalized spacial score (nSPS) is 13.7. The van der Waals surface area contributed by atoms with Crippen LogP contribution >= 0.6 is 0 Å². The molecule has 2 aromatic carbocycles. The number of amides is 1. The molecule has 158 valence electrons. The van der Waals surface area contributed by atoms with Crippen molar-refractivity contribution < 1.29 is 14.3 Å². The smallest absolute Gasteiger partial charge is 0.338 e. The van der Waals surface area contributed by atoms with Crippen LogP contribution in [0.5, 0.6) is 0 Å². The first-order valence-corrected chi connectivity index (χ1v) is 10.3. The average Bonchev–Trinajstić information content (AvgIpc) is 2.84. The standard InChI is InChI=1S/C24H24N4O3/c29-22(27-13-15-28(16-14-27)24-25-11-6-12-26-24)18-31-23(30)21-10-5-4-9-20(21)17-19-7-2-1-3-8-19/h1-12H,13-18H2. The third-order valence-corrected chi connectivity index (χ3v) is 5.27. The molecule has 7 nitrogen and oxygen atoms in total. The second-order valence-electron chi connectivity index (χ2n) is 7.31. The fourth-order valence-electron chi connectivity index (χ4n) is 3.60. The molecule has 2 heterocycles. The van der Waals surface area contributed by atoms with E-state index in [1.165, 1.54) is 0 Å². The number of rotatable bonds is 6. The van der Waals surface area contributed by atoms with Crippen LogP contribution in [-0.4, -0.2) is 59.5 Å². The van der Waals surface area contributed by atoms with Crippen LogP contribution in [0, 0.1) is 0 Å². The highest BCUT2D eigenvalue weighted by atomic mass is 16.5. The zero-order chi connectivity index (χ0) is 21.5. The fourth-order valence-corrected chi connectivity index (χ4v) is 3.60. The largest absolute Gasteiger partial charge is 0.452 e. The molecule has 0 bridgehead atoms. The van der Waals surface area contributed by atoms with Crippen LogP contribution in [0.4, 0.5) is 5.95 Å². The van der Waals surface area contributed by atoms with Crippen molar-refractivity contribution in [3.63, 3.8) is 0 Å². The summed E-state index contributed by atoms with van der Waals surface area (Å²) >= 11 is 0. The minimum absolute atomic E-state index is 0.192. The number of esters is 1. The summed E-state index contributed by atoms with van der Waals surface area (Å²) in [5.41, 5.74) is 2.48. The van der Waals surface area contributed by atoms with Crippen LogP contribution in [0.15, 0.2) is 73.1 Å². The summed E-state index contributed by atoms with van der Waals surface area (Å²) in [6, 6.07) is 19.1. The number of hydrogen-bond acceptors (Lipinski definition) is 6. The fraction of sp³-hybridized carbons (Fsp3) is 0.250. The molecule has 0 saturated carbocycles. The zero-order valence-corrected chi connectivity index (χ0v) is 17.2. The maximum atomic E-state index is 12.7. The molecule has 0 atom stereocenters. The Morgan fingerprint density at radius 2 is 1.52 bits per heavy atom. The van der Waals surface area contributed by atoms with Crippen LogP contribution in [0.3, 0.4) is 0 Å². The van der Waals surface area contributed by atoms with Crippen LogP contribution in [0.25, 0.3) is 0 Å². The molecule has 0 unspecified atom stereocenters. The lowest BCUT2D eigenvalue weighted by atomic mass is 10.00. The van der Waals surface area contributed by atoms with Crippen molar-refractivity contribution in [2.45, 2.75) is 6.42 Å². The Morgan fingerprint density at radius 1 is 0.839 bits per heavy atom. The van der Waals surface area contributed by atoms with Crippen molar-refractivity contribution in [2.24, 2.45) is 0 Å². The molecule has 0 spiro atoms. The van der Waals surface area contributed by atoms with Gasteiger partial charge < -0.3 is 14.5 Å². The molecule has 1 amide bonds. The van der Waals surface area contributed by atoms with E-state index in [9.17, 15) is 9.59 Å². The van der Waals surface area contributed by atoms with Crippen LogP contribution in [-0.2, 0) is 16.0 Å². The molecule has 0 aliphatic carbocycles. The van der Waals surface area contributed by atoms with Crippen molar-refractivity contribution in [2.75, 3.05) is 37.7 Å². The lowest BCUT2D eigenvalue weighted by Crippen LogP contribution is -2.50. The van der Waals surface area contributed by atoms with Gasteiger partial charge >= 0.3 is 5.97 Å². The van der Waals surface area contributed by atoms with Crippen LogP contribution in [0.2, 0.25) is 0 Å². The van der Waals surface area contributed by atoms with Crippen molar-refractivity contribution in [1.82, 2.24) is 14.9 Å². The van der Waals surface area contributed by atoms with E-state index in [2.05, 4.69) is 9.97 Å². The highest BCUT2D eigenvalue weighted by Gasteiger charge is 2.23. The number of carbonyl (C=O) groups excluding carboxylic acids is 2. The highest BCUT2D eigenvalue weighted by molar-refractivity contribution is 5.93. The SMILES string of the molecule is O=C(OCC(=O)N1CCN(c2ncccn2)CC1)c1ccccc1Cc1ccccc1. The van der Waals surface area contributed by atoms with Crippen LogP contribution in [0.1, 0.15) is 21.5 Å². The van der Waals surface area contributed by atoms with Gasteiger partial charge in [-0.2, -0.15) is 0 Å². The number of carbonyl (C=O) groups is 2. The lowest BCUT2D eigenvalue weighted by Gasteiger charge is -2.34. The number of aromatic nitrogens is 2. The van der Waals surface area contributed by atoms with Gasteiger partial charge in [-0.25, -0.2) is 14.8 Å². The monoisotopic (exact) mass is 416 g/mol. The number of anilines is 1. The Balaban J connectivity index is 1.31. The summed E-state index contributed by atoms with van der Waals surface area (Å²) in [5, 5.41) is 0. The van der Waals surface area contributed by atoms with E-state index in [4.69, 9.17) is 4.74 Å². The van der Waals surface area contributed by atoms with E-state index in [0.717, 1.165) is 11.1 Å². The van der Waals surface area contributed by atoms with Gasteiger partial charge in [-0.05, 0) is 29.7 Å². The van der Waals surface area contributed by atoms with E-state index in [0.29, 0.717) is 44.1 Å². The number of ether oxygens (including phenoxy) is 1. The van der Waals surface area contributed by atoms with Gasteiger partial charge in [0.1, 0.15) is 0 Å². The van der Waals surface area contributed by atoms with Crippen molar-refractivity contribution >= 4 is 17.8 Å². The predicted octanol–water partition coefficient (Wildman–Crippen LogP) is 2.57. The molecule has 7 heteroatoms. The van der Waals surface area contributed by atoms with E-state index in [1.807, 2.05) is 47.4 Å². The van der Waals surface area contributed by atoms with Crippen LogP contribution < -0.4 is 4.90 Å². The first-order valence-electron chi connectivity index (χ1n) is 10.3. The molecule has 0 radical (unpaired) electrons. The molecule has 1 aliphatic rings. The van der Waals surface area contributed by atoms with Gasteiger partial charge in [0.25, 0.3) is 5.91 Å². The second kappa shape index (κ2) is 9.84. The molecule has 31 heavy (non-hydrogen) atoms. The summed E-state index contributed by atoms with van der Waals surface area (Å²) in [4.78, 5) is 37.5. The summed E-state index contributed by atoms with van der Waals surface area (Å²) in [6.45, 7) is 2.10. The quantitative estimate of drug-likeness (QED) is 0.575. The van der Waals surface area contributed by atoms with Gasteiger partial charge in [-0.3, -0.25) is 4.79 Å².